The van der Waals surface area contributed by atoms with Gasteiger partial charge in [0.05, 0.1) is 32.3 Å². The molecule has 1 heterocycles. The van der Waals surface area contributed by atoms with Crippen LogP contribution in [0.25, 0.3) is 11.3 Å². The van der Waals surface area contributed by atoms with Crippen molar-refractivity contribution in [3.05, 3.63) is 71.9 Å². The average molecular weight is 402 g/mol. The summed E-state index contributed by atoms with van der Waals surface area (Å²) >= 11 is 0. The molecule has 0 unspecified atom stereocenters. The number of aromatic nitrogens is 2. The van der Waals surface area contributed by atoms with Gasteiger partial charge < -0.3 is 15.4 Å². The number of methoxy groups -OCH3 is 1. The van der Waals surface area contributed by atoms with Crippen LogP contribution in [0.15, 0.2) is 60.8 Å². The van der Waals surface area contributed by atoms with E-state index in [1.54, 1.807) is 18.0 Å². The maximum atomic E-state index is 12.8. The Balaban J connectivity index is 1.88. The number of terminal acetylenes is 1. The van der Waals surface area contributed by atoms with Gasteiger partial charge in [-0.15, -0.1) is 6.42 Å². The summed E-state index contributed by atoms with van der Waals surface area (Å²) in [6, 6.07) is 17.1. The molecule has 0 aliphatic heterocycles. The highest BCUT2D eigenvalue weighted by atomic mass is 16.5. The Morgan fingerprint density at radius 1 is 1.13 bits per heavy atom. The van der Waals surface area contributed by atoms with Gasteiger partial charge in [-0.05, 0) is 17.7 Å². The molecule has 0 aliphatic carbocycles. The quantitative estimate of drug-likeness (QED) is 0.565. The van der Waals surface area contributed by atoms with Crippen molar-refractivity contribution in [2.75, 3.05) is 20.2 Å². The van der Waals surface area contributed by atoms with E-state index in [4.69, 9.17) is 11.2 Å². The summed E-state index contributed by atoms with van der Waals surface area (Å²) in [6.07, 6.45) is 6.80. The van der Waals surface area contributed by atoms with Gasteiger partial charge in [0.2, 0.25) is 5.91 Å². The van der Waals surface area contributed by atoms with Crippen molar-refractivity contribution < 1.29 is 14.3 Å². The first-order chi connectivity index (χ1) is 14.6. The number of hydrogen-bond donors (Lipinski definition) is 2. The van der Waals surface area contributed by atoms with E-state index in [2.05, 4.69) is 21.7 Å². The van der Waals surface area contributed by atoms with Crippen molar-refractivity contribution in [3.63, 3.8) is 0 Å². The molecule has 30 heavy (non-hydrogen) atoms. The Hall–Kier alpha value is -4.05. The number of amides is 2. The van der Waals surface area contributed by atoms with Crippen LogP contribution < -0.4 is 15.4 Å². The topological polar surface area (TPSA) is 85.3 Å². The molecule has 0 bridgehead atoms. The summed E-state index contributed by atoms with van der Waals surface area (Å²) in [7, 11) is 1.58. The van der Waals surface area contributed by atoms with Crippen LogP contribution in [-0.4, -0.2) is 41.8 Å². The molecule has 2 N–H and O–H groups in total. The van der Waals surface area contributed by atoms with Crippen LogP contribution in [0.4, 0.5) is 0 Å². The number of ether oxygens (including phenoxy) is 1. The third-order valence-electron chi connectivity index (χ3n) is 4.33. The molecule has 7 heteroatoms. The van der Waals surface area contributed by atoms with Crippen molar-refractivity contribution in [1.29, 1.82) is 0 Å². The lowest BCUT2D eigenvalue weighted by Crippen LogP contribution is -2.37. The standard InChI is InChI=1S/C23H22N4O3/c1-3-12-24-21(28)14-25-23(29)20-16-27(15-17-8-5-4-6-9-17)26-22(20)18-10-7-11-19(13-18)30-2/h1,4-11,13,16H,12,14-15H2,2H3,(H,24,28)(H,25,29). The highest BCUT2D eigenvalue weighted by Gasteiger charge is 2.19. The number of rotatable bonds is 8. The fraction of sp³-hybridized carbons (Fsp3) is 0.174. The lowest BCUT2D eigenvalue weighted by Gasteiger charge is -2.06. The molecule has 3 aromatic rings. The molecule has 7 nitrogen and oxygen atoms in total. The highest BCUT2D eigenvalue weighted by molar-refractivity contribution is 6.01. The molecule has 0 radical (unpaired) electrons. The third kappa shape index (κ3) is 5.26. The Bertz CT molecular complexity index is 1070. The number of hydrogen-bond acceptors (Lipinski definition) is 4. The Morgan fingerprint density at radius 2 is 1.93 bits per heavy atom. The van der Waals surface area contributed by atoms with Crippen LogP contribution in [0, 0.1) is 12.3 Å². The summed E-state index contributed by atoms with van der Waals surface area (Å²) in [5.74, 6) is 2.21. The minimum Gasteiger partial charge on any atom is -0.497 e. The maximum absolute atomic E-state index is 12.8. The molecule has 0 spiro atoms. The zero-order valence-electron chi connectivity index (χ0n) is 16.6. The van der Waals surface area contributed by atoms with E-state index >= 15 is 0 Å². The molecule has 0 fully saturated rings. The van der Waals surface area contributed by atoms with Gasteiger partial charge in [0.15, 0.2) is 0 Å². The molecule has 3 rings (SSSR count). The van der Waals surface area contributed by atoms with E-state index in [-0.39, 0.29) is 19.0 Å². The second-order valence-corrected chi connectivity index (χ2v) is 6.47. The van der Waals surface area contributed by atoms with Crippen molar-refractivity contribution >= 4 is 11.8 Å². The zero-order valence-corrected chi connectivity index (χ0v) is 16.6. The molecular formula is C23H22N4O3. The normalized spacial score (nSPS) is 10.1. The third-order valence-corrected chi connectivity index (χ3v) is 4.33. The maximum Gasteiger partial charge on any atom is 0.255 e. The fourth-order valence-corrected chi connectivity index (χ4v) is 2.89. The second-order valence-electron chi connectivity index (χ2n) is 6.47. The van der Waals surface area contributed by atoms with Crippen molar-refractivity contribution in [2.24, 2.45) is 0 Å². The number of nitrogens with one attached hydrogen (secondary N) is 2. The highest BCUT2D eigenvalue weighted by Crippen LogP contribution is 2.26. The minimum absolute atomic E-state index is 0.110. The predicted octanol–water partition coefficient (Wildman–Crippen LogP) is 2.09. The van der Waals surface area contributed by atoms with Gasteiger partial charge in [0.25, 0.3) is 5.91 Å². The van der Waals surface area contributed by atoms with E-state index in [1.807, 2.05) is 54.6 Å². The van der Waals surface area contributed by atoms with Crippen LogP contribution in [0.1, 0.15) is 15.9 Å². The first-order valence-electron chi connectivity index (χ1n) is 9.35. The van der Waals surface area contributed by atoms with Crippen molar-refractivity contribution in [3.8, 4) is 29.4 Å². The van der Waals surface area contributed by atoms with Crippen molar-refractivity contribution in [2.45, 2.75) is 6.54 Å². The number of carbonyl (C=O) groups excluding carboxylic acids is 2. The van der Waals surface area contributed by atoms with Crippen LogP contribution in [0.5, 0.6) is 5.75 Å². The molecule has 152 valence electrons. The Labute approximate surface area is 175 Å². The number of benzene rings is 2. The SMILES string of the molecule is C#CCNC(=O)CNC(=O)c1cn(Cc2ccccc2)nc1-c1cccc(OC)c1. The first kappa shape index (κ1) is 20.7. The van der Waals surface area contributed by atoms with E-state index in [1.165, 1.54) is 0 Å². The van der Waals surface area contributed by atoms with Crippen LogP contribution in [0.3, 0.4) is 0 Å². The predicted molar refractivity (Wildman–Crippen MR) is 114 cm³/mol. The van der Waals surface area contributed by atoms with Crippen molar-refractivity contribution in [1.82, 2.24) is 20.4 Å². The smallest absolute Gasteiger partial charge is 0.255 e. The molecule has 0 saturated carbocycles. The van der Waals surface area contributed by atoms with Gasteiger partial charge in [-0.2, -0.15) is 5.10 Å². The van der Waals surface area contributed by atoms with Gasteiger partial charge in [-0.25, -0.2) is 0 Å². The van der Waals surface area contributed by atoms with Crippen LogP contribution in [0.2, 0.25) is 0 Å². The minimum atomic E-state index is -0.400. The number of carbonyl (C=O) groups is 2. The molecular weight excluding hydrogens is 380 g/mol. The summed E-state index contributed by atoms with van der Waals surface area (Å²) < 4.78 is 7.00. The monoisotopic (exact) mass is 402 g/mol. The van der Waals surface area contributed by atoms with Gasteiger partial charge in [0, 0.05) is 11.8 Å². The fourth-order valence-electron chi connectivity index (χ4n) is 2.89. The summed E-state index contributed by atoms with van der Waals surface area (Å²) in [5, 5.41) is 9.75. The van der Waals surface area contributed by atoms with Crippen LogP contribution >= 0.6 is 0 Å². The zero-order chi connectivity index (χ0) is 21.3. The number of nitrogens with zero attached hydrogens (tertiary/aromatic N) is 2. The molecule has 0 saturated heterocycles. The second kappa shape index (κ2) is 9.94. The van der Waals surface area contributed by atoms with Gasteiger partial charge in [-0.1, -0.05) is 48.4 Å². The molecule has 0 atom stereocenters. The molecule has 1 aromatic heterocycles. The summed E-state index contributed by atoms with van der Waals surface area (Å²) in [5.41, 5.74) is 2.66. The van der Waals surface area contributed by atoms with E-state index in [0.29, 0.717) is 23.6 Å². The van der Waals surface area contributed by atoms with Gasteiger partial charge in [-0.3, -0.25) is 14.3 Å². The van der Waals surface area contributed by atoms with E-state index in [0.717, 1.165) is 11.1 Å². The molecule has 0 aliphatic rings. The summed E-state index contributed by atoms with van der Waals surface area (Å²) in [4.78, 5) is 24.6. The lowest BCUT2D eigenvalue weighted by atomic mass is 10.1. The Morgan fingerprint density at radius 3 is 2.67 bits per heavy atom. The Kier molecular flexibility index (Phi) is 6.85. The van der Waals surface area contributed by atoms with E-state index in [9.17, 15) is 9.59 Å². The molecule has 2 amide bonds. The first-order valence-corrected chi connectivity index (χ1v) is 9.35. The largest absolute Gasteiger partial charge is 0.497 e. The summed E-state index contributed by atoms with van der Waals surface area (Å²) in [6.45, 7) is 0.439. The molecule has 2 aromatic carbocycles. The van der Waals surface area contributed by atoms with Gasteiger partial charge >= 0.3 is 0 Å². The van der Waals surface area contributed by atoms with Crippen LogP contribution in [-0.2, 0) is 11.3 Å². The van der Waals surface area contributed by atoms with E-state index < -0.39 is 5.91 Å². The average Bonchev–Trinajstić information content (AvgIpc) is 3.20. The van der Waals surface area contributed by atoms with Gasteiger partial charge in [0.1, 0.15) is 11.4 Å². The lowest BCUT2D eigenvalue weighted by molar-refractivity contribution is -0.119.